The van der Waals surface area contributed by atoms with Gasteiger partial charge in [0, 0.05) is 38.0 Å². The number of hydrogen-bond acceptors (Lipinski definition) is 6. The fourth-order valence-corrected chi connectivity index (χ4v) is 2.59. The number of benzene rings is 1. The first-order valence-electron chi connectivity index (χ1n) is 8.53. The molecule has 0 unspecified atom stereocenters. The van der Waals surface area contributed by atoms with Crippen LogP contribution in [0.15, 0.2) is 47.4 Å². The molecule has 0 spiro atoms. The molecule has 0 amide bonds. The second-order valence-electron chi connectivity index (χ2n) is 5.67. The summed E-state index contributed by atoms with van der Waals surface area (Å²) in [5, 5.41) is 14.2. The van der Waals surface area contributed by atoms with Gasteiger partial charge < -0.3 is 19.5 Å². The van der Waals surface area contributed by atoms with Crippen LogP contribution < -0.4 is 20.5 Å². The zero-order valence-electron chi connectivity index (χ0n) is 15.1. The van der Waals surface area contributed by atoms with Crippen LogP contribution in [-0.4, -0.2) is 42.8 Å². The Labute approximate surface area is 152 Å². The smallest absolute Gasteiger partial charge is 0.273 e. The molecule has 0 atom stereocenters. The molecule has 8 nitrogen and oxygen atoms in total. The van der Waals surface area contributed by atoms with Crippen molar-refractivity contribution in [3.8, 4) is 5.75 Å². The van der Waals surface area contributed by atoms with Crippen molar-refractivity contribution < 1.29 is 9.66 Å². The average Bonchev–Trinajstić information content (AvgIpc) is 2.64. The topological polar surface area (TPSA) is 89.6 Å². The van der Waals surface area contributed by atoms with Gasteiger partial charge in [-0.3, -0.25) is 14.9 Å². The number of anilines is 1. The van der Waals surface area contributed by atoms with Crippen LogP contribution in [0.4, 0.5) is 11.4 Å². The minimum Gasteiger partial charge on any atom is -0.489 e. The maximum absolute atomic E-state index is 11.7. The Balaban J connectivity index is 2.19. The van der Waals surface area contributed by atoms with Crippen LogP contribution in [0.25, 0.3) is 0 Å². The van der Waals surface area contributed by atoms with Crippen LogP contribution in [-0.2, 0) is 6.54 Å². The Bertz CT molecular complexity index is 791. The highest BCUT2D eigenvalue weighted by Gasteiger charge is 2.16. The summed E-state index contributed by atoms with van der Waals surface area (Å²) in [5.74, 6) is 0.445. The summed E-state index contributed by atoms with van der Waals surface area (Å²) < 4.78 is 7.36. The molecule has 0 bridgehead atoms. The molecule has 140 valence electrons. The zero-order chi connectivity index (χ0) is 18.9. The number of nitro benzene ring substituents is 1. The van der Waals surface area contributed by atoms with Crippen molar-refractivity contribution in [2.45, 2.75) is 13.5 Å². The molecule has 1 N–H and O–H groups in total. The minimum atomic E-state index is -0.442. The number of nitrogens with zero attached hydrogens (tertiary/aromatic N) is 3. The van der Waals surface area contributed by atoms with Crippen molar-refractivity contribution in [3.63, 3.8) is 0 Å². The lowest BCUT2D eigenvalue weighted by molar-refractivity contribution is -0.384. The monoisotopic (exact) mass is 360 g/mol. The van der Waals surface area contributed by atoms with E-state index in [1.807, 2.05) is 14.0 Å². The van der Waals surface area contributed by atoms with Crippen LogP contribution >= 0.6 is 0 Å². The van der Waals surface area contributed by atoms with Gasteiger partial charge in [0.2, 0.25) is 0 Å². The third kappa shape index (κ3) is 5.06. The van der Waals surface area contributed by atoms with E-state index in [1.165, 1.54) is 22.8 Å². The zero-order valence-corrected chi connectivity index (χ0v) is 15.1. The molecular weight excluding hydrogens is 336 g/mol. The van der Waals surface area contributed by atoms with E-state index in [4.69, 9.17) is 4.74 Å². The Kier molecular flexibility index (Phi) is 7.16. The summed E-state index contributed by atoms with van der Waals surface area (Å²) in [4.78, 5) is 24.5. The van der Waals surface area contributed by atoms with Gasteiger partial charge in [-0.2, -0.15) is 0 Å². The summed E-state index contributed by atoms with van der Waals surface area (Å²) in [6.07, 6.45) is 1.69. The van der Waals surface area contributed by atoms with Crippen molar-refractivity contribution in [2.75, 3.05) is 38.2 Å². The number of nitrogens with one attached hydrogen (secondary N) is 1. The van der Waals surface area contributed by atoms with Crippen molar-refractivity contribution in [3.05, 3.63) is 63.1 Å². The van der Waals surface area contributed by atoms with E-state index < -0.39 is 4.92 Å². The van der Waals surface area contributed by atoms with E-state index in [0.29, 0.717) is 12.3 Å². The lowest BCUT2D eigenvalue weighted by Gasteiger charge is -2.25. The number of pyridine rings is 1. The normalized spacial score (nSPS) is 10.5. The van der Waals surface area contributed by atoms with Gasteiger partial charge in [-0.25, -0.2) is 0 Å². The van der Waals surface area contributed by atoms with Gasteiger partial charge in [0.05, 0.1) is 23.2 Å². The Morgan fingerprint density at radius 3 is 2.77 bits per heavy atom. The summed E-state index contributed by atoms with van der Waals surface area (Å²) in [7, 11) is 1.87. The summed E-state index contributed by atoms with van der Waals surface area (Å²) in [5.41, 5.74) is 0.665. The standard InChI is InChI=1S/C18H24N4O4/c1-3-20(11-9-19-2)16-8-7-15(22(24)25)14-17(16)26-13-12-21-10-5-4-6-18(21)23/h4-8,10,14,19H,3,9,11-13H2,1-2H3. The molecule has 1 heterocycles. The van der Waals surface area contributed by atoms with Crippen molar-refractivity contribution in [2.24, 2.45) is 0 Å². The number of non-ortho nitro benzene ring substituents is 1. The van der Waals surface area contributed by atoms with E-state index in [0.717, 1.165) is 25.3 Å². The van der Waals surface area contributed by atoms with Crippen molar-refractivity contribution >= 4 is 11.4 Å². The Morgan fingerprint density at radius 1 is 1.31 bits per heavy atom. The van der Waals surface area contributed by atoms with Crippen LogP contribution in [0.5, 0.6) is 5.75 Å². The van der Waals surface area contributed by atoms with E-state index in [1.54, 1.807) is 24.4 Å². The Morgan fingerprint density at radius 2 is 2.12 bits per heavy atom. The molecule has 0 aliphatic carbocycles. The highest BCUT2D eigenvalue weighted by atomic mass is 16.6. The van der Waals surface area contributed by atoms with E-state index in [-0.39, 0.29) is 17.9 Å². The lowest BCUT2D eigenvalue weighted by atomic mass is 10.2. The minimum absolute atomic E-state index is 0.0229. The predicted molar refractivity (Wildman–Crippen MR) is 101 cm³/mol. The fourth-order valence-electron chi connectivity index (χ4n) is 2.59. The maximum Gasteiger partial charge on any atom is 0.273 e. The first-order chi connectivity index (χ1) is 12.6. The summed E-state index contributed by atoms with van der Waals surface area (Å²) in [6.45, 7) is 4.90. The van der Waals surface area contributed by atoms with Gasteiger partial charge in [0.25, 0.3) is 11.2 Å². The molecule has 2 rings (SSSR count). The molecule has 2 aromatic rings. The van der Waals surface area contributed by atoms with Crippen molar-refractivity contribution in [1.82, 2.24) is 9.88 Å². The molecule has 0 fully saturated rings. The number of nitro groups is 1. The van der Waals surface area contributed by atoms with Crippen LogP contribution in [0.1, 0.15) is 6.92 Å². The van der Waals surface area contributed by atoms with E-state index in [9.17, 15) is 14.9 Å². The summed E-state index contributed by atoms with van der Waals surface area (Å²) >= 11 is 0. The first kappa shape index (κ1) is 19.5. The predicted octanol–water partition coefficient (Wildman–Crippen LogP) is 1.88. The number of aromatic nitrogens is 1. The molecule has 0 aliphatic heterocycles. The maximum atomic E-state index is 11.7. The largest absolute Gasteiger partial charge is 0.489 e. The van der Waals surface area contributed by atoms with Crippen LogP contribution in [0.2, 0.25) is 0 Å². The second-order valence-corrected chi connectivity index (χ2v) is 5.67. The number of likely N-dealkylation sites (N-methyl/N-ethyl adjacent to an activating group) is 2. The molecule has 0 aliphatic rings. The highest BCUT2D eigenvalue weighted by molar-refractivity contribution is 5.62. The van der Waals surface area contributed by atoms with E-state index >= 15 is 0 Å². The second kappa shape index (κ2) is 9.57. The quantitative estimate of drug-likeness (QED) is 0.514. The summed E-state index contributed by atoms with van der Waals surface area (Å²) in [6, 6.07) is 9.56. The van der Waals surface area contributed by atoms with Gasteiger partial charge in [-0.15, -0.1) is 0 Å². The molecule has 0 radical (unpaired) electrons. The lowest BCUT2D eigenvalue weighted by Crippen LogP contribution is -2.31. The molecular formula is C18H24N4O4. The van der Waals surface area contributed by atoms with Crippen molar-refractivity contribution in [1.29, 1.82) is 0 Å². The number of ether oxygens (including phenoxy) is 1. The van der Waals surface area contributed by atoms with Crippen LogP contribution in [0, 0.1) is 10.1 Å². The van der Waals surface area contributed by atoms with Gasteiger partial charge >= 0.3 is 0 Å². The molecule has 1 aromatic heterocycles. The Hall–Kier alpha value is -2.87. The fraction of sp³-hybridized carbons (Fsp3) is 0.389. The molecule has 0 saturated carbocycles. The molecule has 0 saturated heterocycles. The average molecular weight is 360 g/mol. The van der Waals surface area contributed by atoms with Gasteiger partial charge in [-0.05, 0) is 26.1 Å². The van der Waals surface area contributed by atoms with Gasteiger partial charge in [0.1, 0.15) is 12.4 Å². The molecule has 26 heavy (non-hydrogen) atoms. The molecule has 1 aromatic carbocycles. The van der Waals surface area contributed by atoms with Crippen LogP contribution in [0.3, 0.4) is 0 Å². The highest BCUT2D eigenvalue weighted by Crippen LogP contribution is 2.32. The van der Waals surface area contributed by atoms with E-state index in [2.05, 4.69) is 10.2 Å². The van der Waals surface area contributed by atoms with Gasteiger partial charge in [-0.1, -0.05) is 6.07 Å². The SMILES string of the molecule is CCN(CCNC)c1ccc([N+](=O)[O-])cc1OCCn1ccccc1=O. The third-order valence-corrected chi connectivity index (χ3v) is 4.00. The number of rotatable bonds is 10. The number of hydrogen-bond donors (Lipinski definition) is 1. The van der Waals surface area contributed by atoms with Gasteiger partial charge in [0.15, 0.2) is 0 Å². The third-order valence-electron chi connectivity index (χ3n) is 4.00. The molecule has 8 heteroatoms. The first-order valence-corrected chi connectivity index (χ1v) is 8.53.